The Hall–Kier alpha value is -2.95. The number of aryl methyl sites for hydroxylation is 1. The molecule has 0 aliphatic carbocycles. The Kier molecular flexibility index (Phi) is 4.16. The van der Waals surface area contributed by atoms with Crippen LogP contribution in [0.15, 0.2) is 48.5 Å². The average Bonchev–Trinajstić information content (AvgIpc) is 2.81. The van der Waals surface area contributed by atoms with Crippen LogP contribution in [0.25, 0.3) is 0 Å². The molecule has 24 heavy (non-hydrogen) atoms. The molecule has 3 rings (SSSR count). The number of nitrogens with zero attached hydrogens (tertiary/aromatic N) is 2. The second kappa shape index (κ2) is 6.28. The topological polar surface area (TPSA) is 57.7 Å². The SMILES string of the molecule is CC(=O)N(CCN1C(=O)c2ccccc2C1=O)c1ccc(C)cc1. The van der Waals surface area contributed by atoms with Crippen molar-refractivity contribution in [2.24, 2.45) is 0 Å². The van der Waals surface area contributed by atoms with Gasteiger partial charge in [0.15, 0.2) is 0 Å². The number of hydrogen-bond acceptors (Lipinski definition) is 3. The summed E-state index contributed by atoms with van der Waals surface area (Å²) in [7, 11) is 0. The van der Waals surface area contributed by atoms with E-state index in [2.05, 4.69) is 0 Å². The van der Waals surface area contributed by atoms with Crippen molar-refractivity contribution < 1.29 is 14.4 Å². The third-order valence-electron chi connectivity index (χ3n) is 4.15. The van der Waals surface area contributed by atoms with Gasteiger partial charge in [0.2, 0.25) is 5.91 Å². The fraction of sp³-hybridized carbons (Fsp3) is 0.211. The molecule has 2 aromatic rings. The van der Waals surface area contributed by atoms with Gasteiger partial charge >= 0.3 is 0 Å². The lowest BCUT2D eigenvalue weighted by Crippen LogP contribution is -2.40. The van der Waals surface area contributed by atoms with Crippen molar-refractivity contribution in [2.45, 2.75) is 13.8 Å². The zero-order valence-corrected chi connectivity index (χ0v) is 13.7. The van der Waals surface area contributed by atoms with Crippen molar-refractivity contribution >= 4 is 23.4 Å². The van der Waals surface area contributed by atoms with Gasteiger partial charge in [0, 0.05) is 25.7 Å². The Bertz CT molecular complexity index is 777. The van der Waals surface area contributed by atoms with Crippen molar-refractivity contribution in [2.75, 3.05) is 18.0 Å². The predicted octanol–water partition coefficient (Wildman–Crippen LogP) is 2.64. The summed E-state index contributed by atoms with van der Waals surface area (Å²) in [5.74, 6) is -0.735. The van der Waals surface area contributed by atoms with Crippen LogP contribution in [0.2, 0.25) is 0 Å². The second-order valence-electron chi connectivity index (χ2n) is 5.81. The fourth-order valence-corrected chi connectivity index (χ4v) is 2.84. The molecule has 1 heterocycles. The summed E-state index contributed by atoms with van der Waals surface area (Å²) in [4.78, 5) is 39.5. The van der Waals surface area contributed by atoms with Gasteiger partial charge in [0.1, 0.15) is 0 Å². The molecule has 0 saturated heterocycles. The summed E-state index contributed by atoms with van der Waals surface area (Å²) in [5, 5.41) is 0. The minimum atomic E-state index is -0.303. The number of rotatable bonds is 4. The second-order valence-corrected chi connectivity index (χ2v) is 5.81. The number of amides is 3. The maximum Gasteiger partial charge on any atom is 0.261 e. The number of imide groups is 1. The molecule has 3 amide bonds. The Labute approximate surface area is 140 Å². The van der Waals surface area contributed by atoms with Gasteiger partial charge in [0.05, 0.1) is 11.1 Å². The molecule has 0 radical (unpaired) electrons. The minimum Gasteiger partial charge on any atom is -0.311 e. The smallest absolute Gasteiger partial charge is 0.261 e. The van der Waals surface area contributed by atoms with Gasteiger partial charge in [-0.3, -0.25) is 19.3 Å². The molecule has 5 heteroatoms. The Morgan fingerprint density at radius 1 is 0.958 bits per heavy atom. The van der Waals surface area contributed by atoms with Gasteiger partial charge in [0.25, 0.3) is 11.8 Å². The Morgan fingerprint density at radius 3 is 2.00 bits per heavy atom. The lowest BCUT2D eigenvalue weighted by atomic mass is 10.1. The van der Waals surface area contributed by atoms with E-state index in [-0.39, 0.29) is 30.8 Å². The number of benzene rings is 2. The molecule has 0 atom stereocenters. The van der Waals surface area contributed by atoms with E-state index in [4.69, 9.17) is 0 Å². The quantitative estimate of drug-likeness (QED) is 0.813. The summed E-state index contributed by atoms with van der Waals surface area (Å²) >= 11 is 0. The average molecular weight is 322 g/mol. The summed E-state index contributed by atoms with van der Waals surface area (Å²) < 4.78 is 0. The van der Waals surface area contributed by atoms with Crippen LogP contribution in [0.4, 0.5) is 5.69 Å². The van der Waals surface area contributed by atoms with E-state index in [9.17, 15) is 14.4 Å². The molecule has 1 aliphatic heterocycles. The first kappa shape index (κ1) is 15.9. The lowest BCUT2D eigenvalue weighted by molar-refractivity contribution is -0.116. The molecule has 0 N–H and O–H groups in total. The highest BCUT2D eigenvalue weighted by Crippen LogP contribution is 2.23. The largest absolute Gasteiger partial charge is 0.311 e. The van der Waals surface area contributed by atoms with Crippen LogP contribution in [0, 0.1) is 6.92 Å². The fourth-order valence-electron chi connectivity index (χ4n) is 2.84. The van der Waals surface area contributed by atoms with Crippen LogP contribution < -0.4 is 4.90 Å². The van der Waals surface area contributed by atoms with E-state index in [1.807, 2.05) is 31.2 Å². The minimum absolute atomic E-state index is 0.129. The number of fused-ring (bicyclic) bond motifs is 1. The highest BCUT2D eigenvalue weighted by atomic mass is 16.2. The Balaban J connectivity index is 1.77. The first-order valence-electron chi connectivity index (χ1n) is 7.79. The molecule has 0 saturated carbocycles. The summed E-state index contributed by atoms with van der Waals surface area (Å²) in [6.07, 6.45) is 0. The normalized spacial score (nSPS) is 13.2. The van der Waals surface area contributed by atoms with Crippen LogP contribution in [0.3, 0.4) is 0 Å². The van der Waals surface area contributed by atoms with Crippen LogP contribution in [-0.4, -0.2) is 35.7 Å². The molecule has 2 aromatic carbocycles. The van der Waals surface area contributed by atoms with Crippen molar-refractivity contribution in [1.82, 2.24) is 4.90 Å². The van der Waals surface area contributed by atoms with E-state index in [0.29, 0.717) is 11.1 Å². The van der Waals surface area contributed by atoms with E-state index < -0.39 is 0 Å². The van der Waals surface area contributed by atoms with E-state index in [0.717, 1.165) is 11.3 Å². The molecule has 0 spiro atoms. The van der Waals surface area contributed by atoms with Crippen LogP contribution in [0.1, 0.15) is 33.2 Å². The maximum absolute atomic E-state index is 12.4. The number of carbonyl (C=O) groups excluding carboxylic acids is 3. The number of hydrogen-bond donors (Lipinski definition) is 0. The van der Waals surface area contributed by atoms with Crippen molar-refractivity contribution in [3.8, 4) is 0 Å². The standard InChI is InChI=1S/C19H18N2O3/c1-13-7-9-15(10-8-13)20(14(2)22)11-12-21-18(23)16-5-3-4-6-17(16)19(21)24/h3-10H,11-12H2,1-2H3. The maximum atomic E-state index is 12.4. The van der Waals surface area contributed by atoms with Crippen molar-refractivity contribution in [3.05, 3.63) is 65.2 Å². The van der Waals surface area contributed by atoms with Gasteiger partial charge in [-0.25, -0.2) is 0 Å². The number of carbonyl (C=O) groups is 3. The third kappa shape index (κ3) is 2.80. The zero-order valence-electron chi connectivity index (χ0n) is 13.7. The van der Waals surface area contributed by atoms with Gasteiger partial charge in [-0.05, 0) is 31.2 Å². The molecular weight excluding hydrogens is 304 g/mol. The zero-order chi connectivity index (χ0) is 17.3. The lowest BCUT2D eigenvalue weighted by Gasteiger charge is -2.24. The van der Waals surface area contributed by atoms with Crippen molar-refractivity contribution in [1.29, 1.82) is 0 Å². The third-order valence-corrected chi connectivity index (χ3v) is 4.15. The first-order valence-corrected chi connectivity index (χ1v) is 7.79. The van der Waals surface area contributed by atoms with E-state index in [1.54, 1.807) is 29.2 Å². The highest BCUT2D eigenvalue weighted by molar-refractivity contribution is 6.21. The molecule has 0 bridgehead atoms. The number of anilines is 1. The van der Waals surface area contributed by atoms with E-state index in [1.165, 1.54) is 11.8 Å². The molecule has 0 aromatic heterocycles. The Morgan fingerprint density at radius 2 is 1.50 bits per heavy atom. The monoisotopic (exact) mass is 322 g/mol. The van der Waals surface area contributed by atoms with E-state index >= 15 is 0 Å². The van der Waals surface area contributed by atoms with Gasteiger partial charge < -0.3 is 4.90 Å². The van der Waals surface area contributed by atoms with Gasteiger partial charge in [-0.15, -0.1) is 0 Å². The summed E-state index contributed by atoms with van der Waals surface area (Å²) in [5.41, 5.74) is 2.70. The van der Waals surface area contributed by atoms with Gasteiger partial charge in [-0.1, -0.05) is 29.8 Å². The summed E-state index contributed by atoms with van der Waals surface area (Å²) in [6, 6.07) is 14.3. The van der Waals surface area contributed by atoms with Crippen LogP contribution in [-0.2, 0) is 4.79 Å². The first-order chi connectivity index (χ1) is 11.5. The van der Waals surface area contributed by atoms with Crippen molar-refractivity contribution in [3.63, 3.8) is 0 Å². The molecule has 1 aliphatic rings. The molecular formula is C19H18N2O3. The molecule has 122 valence electrons. The molecule has 0 fully saturated rings. The highest BCUT2D eigenvalue weighted by Gasteiger charge is 2.35. The molecule has 0 unspecified atom stereocenters. The molecule has 5 nitrogen and oxygen atoms in total. The van der Waals surface area contributed by atoms with Gasteiger partial charge in [-0.2, -0.15) is 0 Å². The predicted molar refractivity (Wildman–Crippen MR) is 91.0 cm³/mol. The summed E-state index contributed by atoms with van der Waals surface area (Å²) in [6.45, 7) is 3.88. The van der Waals surface area contributed by atoms with Crippen LogP contribution >= 0.6 is 0 Å². The van der Waals surface area contributed by atoms with Crippen LogP contribution in [0.5, 0.6) is 0 Å².